The monoisotopic (exact) mass is 232 g/mol. The number of benzene rings is 1. The number of nitrogens with zero attached hydrogens (tertiary/aromatic N) is 2. The minimum absolute atomic E-state index is 0.395. The molecule has 0 unspecified atom stereocenters. The molecule has 0 amide bonds. The highest BCUT2D eigenvalue weighted by atomic mass is 16.2. The Kier molecular flexibility index (Phi) is 2.65. The molecule has 0 spiro atoms. The van der Waals surface area contributed by atoms with Crippen molar-refractivity contribution >= 4 is 11.0 Å². The van der Waals surface area contributed by atoms with E-state index in [1.165, 1.54) is 9.13 Å². The topological polar surface area (TPSA) is 44.0 Å². The van der Waals surface area contributed by atoms with Crippen LogP contribution in [-0.2, 0) is 14.1 Å². The largest absolute Gasteiger partial charge is 0.316 e. The lowest BCUT2D eigenvalue weighted by molar-refractivity contribution is 0.794. The van der Waals surface area contributed by atoms with Gasteiger partial charge in [-0.15, -0.1) is 0 Å². The molecule has 0 aliphatic carbocycles. The predicted octanol–water partition coefficient (Wildman–Crippen LogP) is 1.36. The average Bonchev–Trinajstić information content (AvgIpc) is 2.32. The van der Waals surface area contributed by atoms with E-state index in [1.807, 2.05) is 18.2 Å². The highest BCUT2D eigenvalue weighted by Gasteiger charge is 2.09. The molecule has 2 rings (SSSR count). The Balaban J connectivity index is 2.97. The van der Waals surface area contributed by atoms with E-state index in [9.17, 15) is 9.59 Å². The summed E-state index contributed by atoms with van der Waals surface area (Å²) in [5.74, 6) is 0.395. The molecule has 4 nitrogen and oxygen atoms in total. The van der Waals surface area contributed by atoms with Gasteiger partial charge in [-0.05, 0) is 23.6 Å². The summed E-state index contributed by atoms with van der Waals surface area (Å²) >= 11 is 0. The lowest BCUT2D eigenvalue weighted by atomic mass is 10.0. The molecular weight excluding hydrogens is 216 g/mol. The fourth-order valence-corrected chi connectivity index (χ4v) is 1.96. The van der Waals surface area contributed by atoms with Crippen molar-refractivity contribution in [2.45, 2.75) is 19.8 Å². The van der Waals surface area contributed by atoms with Crippen LogP contribution >= 0.6 is 0 Å². The predicted molar refractivity (Wildman–Crippen MR) is 68.5 cm³/mol. The Labute approximate surface area is 99.1 Å². The van der Waals surface area contributed by atoms with Gasteiger partial charge in [0.25, 0.3) is 0 Å². The zero-order valence-corrected chi connectivity index (χ0v) is 10.5. The summed E-state index contributed by atoms with van der Waals surface area (Å²) in [5, 5.41) is 0. The Morgan fingerprint density at radius 1 is 0.941 bits per heavy atom. The van der Waals surface area contributed by atoms with Crippen LogP contribution in [0.15, 0.2) is 27.8 Å². The van der Waals surface area contributed by atoms with E-state index in [0.29, 0.717) is 5.92 Å². The maximum Gasteiger partial charge on any atom is 0.316 e. The van der Waals surface area contributed by atoms with Crippen LogP contribution in [0.3, 0.4) is 0 Å². The van der Waals surface area contributed by atoms with Crippen molar-refractivity contribution in [3.63, 3.8) is 0 Å². The molecule has 0 radical (unpaired) electrons. The second-order valence-corrected chi connectivity index (χ2v) is 4.63. The summed E-state index contributed by atoms with van der Waals surface area (Å²) in [7, 11) is 3.26. The molecule has 0 fully saturated rings. The number of aromatic nitrogens is 2. The molecule has 0 aliphatic heterocycles. The SMILES string of the molecule is CC(C)c1ccc2c(c1)n(C)c(=O)c(=O)n2C. The molecule has 2 aromatic rings. The summed E-state index contributed by atoms with van der Waals surface area (Å²) in [5.41, 5.74) is 1.76. The minimum Gasteiger partial charge on any atom is -0.305 e. The molecule has 4 heteroatoms. The van der Waals surface area contributed by atoms with Gasteiger partial charge in [-0.25, -0.2) is 0 Å². The van der Waals surface area contributed by atoms with Crippen molar-refractivity contribution in [3.05, 3.63) is 44.5 Å². The van der Waals surface area contributed by atoms with Crippen molar-refractivity contribution in [3.8, 4) is 0 Å². The molecule has 1 aromatic heterocycles. The highest BCUT2D eigenvalue weighted by molar-refractivity contribution is 5.76. The van der Waals surface area contributed by atoms with Crippen molar-refractivity contribution in [1.82, 2.24) is 9.13 Å². The average molecular weight is 232 g/mol. The molecule has 1 aromatic carbocycles. The van der Waals surface area contributed by atoms with E-state index in [4.69, 9.17) is 0 Å². The van der Waals surface area contributed by atoms with Crippen LogP contribution in [0.2, 0.25) is 0 Å². The van der Waals surface area contributed by atoms with Crippen molar-refractivity contribution in [1.29, 1.82) is 0 Å². The zero-order chi connectivity index (χ0) is 12.7. The maximum absolute atomic E-state index is 11.7. The quantitative estimate of drug-likeness (QED) is 0.697. The Morgan fingerprint density at radius 2 is 1.47 bits per heavy atom. The molecule has 0 saturated heterocycles. The van der Waals surface area contributed by atoms with E-state index in [-0.39, 0.29) is 0 Å². The fraction of sp³-hybridized carbons (Fsp3) is 0.385. The Bertz CT molecular complexity index is 693. The third kappa shape index (κ3) is 1.69. The molecule has 17 heavy (non-hydrogen) atoms. The van der Waals surface area contributed by atoms with E-state index in [0.717, 1.165) is 16.6 Å². The van der Waals surface area contributed by atoms with Crippen molar-refractivity contribution < 1.29 is 0 Å². The first-order chi connectivity index (χ1) is 7.93. The smallest absolute Gasteiger partial charge is 0.305 e. The van der Waals surface area contributed by atoms with Gasteiger partial charge in [0.1, 0.15) is 0 Å². The standard InChI is InChI=1S/C13H16N2O2/c1-8(2)9-5-6-10-11(7-9)15(4)13(17)12(16)14(10)3/h5-8H,1-4H3. The fourth-order valence-electron chi connectivity index (χ4n) is 1.96. The third-order valence-corrected chi connectivity index (χ3v) is 3.18. The number of rotatable bonds is 1. The molecule has 0 aliphatic rings. The lowest BCUT2D eigenvalue weighted by Gasteiger charge is -2.12. The number of hydrogen-bond donors (Lipinski definition) is 0. The van der Waals surface area contributed by atoms with Crippen molar-refractivity contribution in [2.75, 3.05) is 0 Å². The third-order valence-electron chi connectivity index (χ3n) is 3.18. The van der Waals surface area contributed by atoms with Gasteiger partial charge < -0.3 is 9.13 Å². The number of fused-ring (bicyclic) bond motifs is 1. The van der Waals surface area contributed by atoms with Gasteiger partial charge in [-0.2, -0.15) is 0 Å². The summed E-state index contributed by atoms with van der Waals surface area (Å²) in [6.45, 7) is 4.20. The number of aryl methyl sites for hydroxylation is 2. The molecule has 0 bridgehead atoms. The number of hydrogen-bond acceptors (Lipinski definition) is 2. The van der Waals surface area contributed by atoms with Crippen LogP contribution in [0.4, 0.5) is 0 Å². The van der Waals surface area contributed by atoms with Crippen LogP contribution in [0, 0.1) is 0 Å². The van der Waals surface area contributed by atoms with Crippen LogP contribution in [0.5, 0.6) is 0 Å². The maximum atomic E-state index is 11.7. The van der Waals surface area contributed by atoms with Crippen LogP contribution in [0.1, 0.15) is 25.3 Å². The second-order valence-electron chi connectivity index (χ2n) is 4.63. The first-order valence-electron chi connectivity index (χ1n) is 5.63. The summed E-state index contributed by atoms with van der Waals surface area (Å²) < 4.78 is 2.82. The normalized spacial score (nSPS) is 11.4. The van der Waals surface area contributed by atoms with Gasteiger partial charge in [0.2, 0.25) is 0 Å². The van der Waals surface area contributed by atoms with Gasteiger partial charge in [0, 0.05) is 14.1 Å². The van der Waals surface area contributed by atoms with E-state index < -0.39 is 11.1 Å². The summed E-state index contributed by atoms with van der Waals surface area (Å²) in [4.78, 5) is 23.4. The Morgan fingerprint density at radius 3 is 2.00 bits per heavy atom. The van der Waals surface area contributed by atoms with Gasteiger partial charge in [-0.3, -0.25) is 9.59 Å². The van der Waals surface area contributed by atoms with Gasteiger partial charge in [0.15, 0.2) is 0 Å². The zero-order valence-electron chi connectivity index (χ0n) is 10.5. The summed E-state index contributed by atoms with van der Waals surface area (Å²) in [6, 6.07) is 5.86. The molecule has 0 N–H and O–H groups in total. The van der Waals surface area contributed by atoms with E-state index in [1.54, 1.807) is 14.1 Å². The van der Waals surface area contributed by atoms with Gasteiger partial charge in [0.05, 0.1) is 11.0 Å². The second kappa shape index (κ2) is 3.87. The first-order valence-corrected chi connectivity index (χ1v) is 5.63. The molecule has 0 atom stereocenters. The molecular formula is C13H16N2O2. The lowest BCUT2D eigenvalue weighted by Crippen LogP contribution is -2.39. The van der Waals surface area contributed by atoms with Gasteiger partial charge >= 0.3 is 11.1 Å². The first kappa shape index (κ1) is 11.6. The van der Waals surface area contributed by atoms with Crippen LogP contribution in [0.25, 0.3) is 11.0 Å². The van der Waals surface area contributed by atoms with E-state index in [2.05, 4.69) is 13.8 Å². The van der Waals surface area contributed by atoms with Crippen LogP contribution in [-0.4, -0.2) is 9.13 Å². The van der Waals surface area contributed by atoms with Crippen molar-refractivity contribution in [2.24, 2.45) is 14.1 Å². The minimum atomic E-state index is -0.489. The summed E-state index contributed by atoms with van der Waals surface area (Å²) in [6.07, 6.45) is 0. The molecule has 90 valence electrons. The Hall–Kier alpha value is -1.84. The van der Waals surface area contributed by atoms with Crippen LogP contribution < -0.4 is 11.1 Å². The molecule has 1 heterocycles. The highest BCUT2D eigenvalue weighted by Crippen LogP contribution is 2.19. The molecule has 0 saturated carbocycles. The van der Waals surface area contributed by atoms with E-state index >= 15 is 0 Å². The van der Waals surface area contributed by atoms with Gasteiger partial charge in [-0.1, -0.05) is 19.9 Å².